The van der Waals surface area contributed by atoms with E-state index in [1.165, 1.54) is 12.8 Å². The molecule has 3 aromatic rings. The van der Waals surface area contributed by atoms with Gasteiger partial charge in [-0.1, -0.05) is 11.2 Å². The predicted octanol–water partition coefficient (Wildman–Crippen LogP) is 4.01. The van der Waals surface area contributed by atoms with Gasteiger partial charge in [-0.05, 0) is 71.8 Å². The van der Waals surface area contributed by atoms with Crippen LogP contribution in [0.1, 0.15) is 37.1 Å². The Balaban J connectivity index is 1.43. The third-order valence-corrected chi connectivity index (χ3v) is 7.28. The minimum absolute atomic E-state index is 0.125. The van der Waals surface area contributed by atoms with E-state index in [9.17, 15) is 10.1 Å². The number of oxime groups is 1. The number of piperidine rings is 1. The Labute approximate surface area is 206 Å². The highest BCUT2D eigenvalue weighted by molar-refractivity contribution is 9.10. The number of fused-ring (bicyclic) bond motifs is 1. The summed E-state index contributed by atoms with van der Waals surface area (Å²) in [4.78, 5) is 29.9. The minimum atomic E-state index is -0.125. The van der Waals surface area contributed by atoms with E-state index in [1.54, 1.807) is 29.9 Å². The third-order valence-electron chi connectivity index (χ3n) is 6.57. The SMILES string of the molecule is Cn1c(=O)c(Br)c(N2CCC(/C(=N/OCC3CC3)c3ccccn3)CC2)c2nc(C#N)ccc21. The molecule has 0 bridgehead atoms. The lowest BCUT2D eigenvalue weighted by Crippen LogP contribution is -2.38. The van der Waals surface area contributed by atoms with Crippen molar-refractivity contribution in [1.29, 1.82) is 5.26 Å². The Morgan fingerprint density at radius 2 is 2.03 bits per heavy atom. The van der Waals surface area contributed by atoms with Crippen LogP contribution in [0, 0.1) is 23.2 Å². The highest BCUT2D eigenvalue weighted by Crippen LogP contribution is 2.35. The van der Waals surface area contributed by atoms with Crippen LogP contribution in [-0.2, 0) is 11.9 Å². The molecule has 1 aliphatic heterocycles. The number of pyridine rings is 3. The summed E-state index contributed by atoms with van der Waals surface area (Å²) < 4.78 is 2.03. The van der Waals surface area contributed by atoms with Gasteiger partial charge in [-0.3, -0.25) is 9.78 Å². The number of aryl methyl sites for hydroxylation is 1. The number of nitriles is 1. The molecular weight excluding hydrogens is 496 g/mol. The van der Waals surface area contributed by atoms with Gasteiger partial charge in [0.15, 0.2) is 0 Å². The Kier molecular flexibility index (Phi) is 6.33. The largest absolute Gasteiger partial charge is 0.395 e. The lowest BCUT2D eigenvalue weighted by Gasteiger charge is -2.34. The molecule has 0 aromatic carbocycles. The van der Waals surface area contributed by atoms with E-state index in [-0.39, 0.29) is 11.5 Å². The molecule has 0 spiro atoms. The maximum atomic E-state index is 12.9. The van der Waals surface area contributed by atoms with Crippen LogP contribution in [0.4, 0.5) is 5.69 Å². The molecule has 1 saturated carbocycles. The first-order valence-corrected chi connectivity index (χ1v) is 12.3. The van der Waals surface area contributed by atoms with Gasteiger partial charge in [0.2, 0.25) is 0 Å². The zero-order valence-electron chi connectivity index (χ0n) is 18.9. The van der Waals surface area contributed by atoms with Gasteiger partial charge in [-0.2, -0.15) is 5.26 Å². The molecule has 3 aromatic heterocycles. The topological polar surface area (TPSA) is 96.4 Å². The molecule has 5 rings (SSSR count). The van der Waals surface area contributed by atoms with Crippen molar-refractivity contribution in [3.05, 3.63) is 62.7 Å². The van der Waals surface area contributed by atoms with Gasteiger partial charge in [0.25, 0.3) is 5.56 Å². The fourth-order valence-corrected chi connectivity index (χ4v) is 5.13. The Morgan fingerprint density at radius 1 is 1.24 bits per heavy atom. The van der Waals surface area contributed by atoms with Gasteiger partial charge < -0.3 is 14.3 Å². The smallest absolute Gasteiger partial charge is 0.267 e. The second-order valence-electron chi connectivity index (χ2n) is 8.89. The van der Waals surface area contributed by atoms with E-state index in [0.717, 1.165) is 43.0 Å². The van der Waals surface area contributed by atoms with Crippen molar-refractivity contribution in [2.45, 2.75) is 25.7 Å². The molecule has 2 fully saturated rings. The quantitative estimate of drug-likeness (QED) is 0.359. The summed E-state index contributed by atoms with van der Waals surface area (Å²) in [6.45, 7) is 2.10. The lowest BCUT2D eigenvalue weighted by molar-refractivity contribution is 0.132. The molecule has 0 radical (unpaired) electrons. The van der Waals surface area contributed by atoms with Crippen LogP contribution in [0.3, 0.4) is 0 Å². The lowest BCUT2D eigenvalue weighted by atomic mass is 9.89. The van der Waals surface area contributed by atoms with Gasteiger partial charge in [0.05, 0.1) is 16.9 Å². The number of anilines is 1. The van der Waals surface area contributed by atoms with Crippen LogP contribution in [0.25, 0.3) is 11.0 Å². The summed E-state index contributed by atoms with van der Waals surface area (Å²) in [7, 11) is 1.72. The monoisotopic (exact) mass is 520 g/mol. The van der Waals surface area contributed by atoms with E-state index in [0.29, 0.717) is 33.7 Å². The van der Waals surface area contributed by atoms with Gasteiger partial charge in [0.1, 0.15) is 34.1 Å². The van der Waals surface area contributed by atoms with Crippen LogP contribution in [-0.4, -0.2) is 39.9 Å². The van der Waals surface area contributed by atoms with Crippen LogP contribution < -0.4 is 10.5 Å². The summed E-state index contributed by atoms with van der Waals surface area (Å²) in [5.74, 6) is 0.831. The second-order valence-corrected chi connectivity index (χ2v) is 9.69. The molecule has 0 amide bonds. The first-order valence-electron chi connectivity index (χ1n) is 11.5. The number of hydrogen-bond acceptors (Lipinski definition) is 7. The average molecular weight is 521 g/mol. The molecule has 34 heavy (non-hydrogen) atoms. The van der Waals surface area contributed by atoms with Gasteiger partial charge in [0, 0.05) is 32.3 Å². The van der Waals surface area contributed by atoms with E-state index < -0.39 is 0 Å². The van der Waals surface area contributed by atoms with Gasteiger partial charge in [-0.25, -0.2) is 4.98 Å². The van der Waals surface area contributed by atoms with E-state index in [4.69, 9.17) is 4.84 Å². The van der Waals surface area contributed by atoms with Crippen molar-refractivity contribution in [1.82, 2.24) is 14.5 Å². The van der Waals surface area contributed by atoms with Crippen LogP contribution >= 0.6 is 15.9 Å². The molecule has 0 atom stereocenters. The predicted molar refractivity (Wildman–Crippen MR) is 134 cm³/mol. The Bertz CT molecular complexity index is 1340. The van der Waals surface area contributed by atoms with Crippen molar-refractivity contribution in [3.8, 4) is 6.07 Å². The van der Waals surface area contributed by atoms with Crippen LogP contribution in [0.2, 0.25) is 0 Å². The third kappa shape index (κ3) is 4.42. The van der Waals surface area contributed by atoms with Crippen molar-refractivity contribution in [2.24, 2.45) is 24.0 Å². The van der Waals surface area contributed by atoms with Crippen molar-refractivity contribution in [3.63, 3.8) is 0 Å². The van der Waals surface area contributed by atoms with Crippen LogP contribution in [0.5, 0.6) is 0 Å². The van der Waals surface area contributed by atoms with Gasteiger partial charge >= 0.3 is 0 Å². The Hall–Kier alpha value is -3.25. The van der Waals surface area contributed by atoms with Crippen molar-refractivity contribution < 1.29 is 4.84 Å². The first kappa shape index (κ1) is 22.5. The normalized spacial score (nSPS) is 17.1. The van der Waals surface area contributed by atoms with Crippen molar-refractivity contribution >= 4 is 38.4 Å². The zero-order chi connectivity index (χ0) is 23.7. The number of halogens is 1. The molecule has 4 heterocycles. The van der Waals surface area contributed by atoms with E-state index in [2.05, 4.69) is 42.0 Å². The Morgan fingerprint density at radius 3 is 2.71 bits per heavy atom. The molecule has 0 unspecified atom stereocenters. The molecule has 9 heteroatoms. The maximum absolute atomic E-state index is 12.9. The van der Waals surface area contributed by atoms with E-state index in [1.807, 2.05) is 18.2 Å². The number of nitrogens with zero attached hydrogens (tertiary/aromatic N) is 6. The van der Waals surface area contributed by atoms with Gasteiger partial charge in [-0.15, -0.1) is 0 Å². The first-order chi connectivity index (χ1) is 16.6. The number of aromatic nitrogens is 3. The summed E-state index contributed by atoms with van der Waals surface area (Å²) in [5.41, 5.74) is 4.03. The summed E-state index contributed by atoms with van der Waals surface area (Å²) in [6.07, 6.45) is 5.89. The molecular formula is C25H25BrN6O2. The fraction of sp³-hybridized carbons (Fsp3) is 0.400. The zero-order valence-corrected chi connectivity index (χ0v) is 20.5. The second kappa shape index (κ2) is 9.55. The van der Waals surface area contributed by atoms with E-state index >= 15 is 0 Å². The molecule has 2 aliphatic rings. The molecule has 174 valence electrons. The maximum Gasteiger partial charge on any atom is 0.267 e. The summed E-state index contributed by atoms with van der Waals surface area (Å²) in [5, 5.41) is 13.9. The highest BCUT2D eigenvalue weighted by Gasteiger charge is 2.29. The fourth-order valence-electron chi connectivity index (χ4n) is 4.43. The molecule has 0 N–H and O–H groups in total. The standard InChI is InChI=1S/C25H25BrN6O2/c1-31-20-8-7-18(14-27)29-23(20)24(21(26)25(31)33)32-12-9-17(10-13-32)22(19-4-2-3-11-28-19)30-34-15-16-5-6-16/h2-4,7-8,11,16-17H,5-6,9-10,12-13,15H2,1H3/b30-22-. The molecule has 8 nitrogen and oxygen atoms in total. The average Bonchev–Trinajstić information content (AvgIpc) is 3.71. The molecule has 1 aliphatic carbocycles. The molecule has 1 saturated heterocycles. The minimum Gasteiger partial charge on any atom is -0.395 e. The van der Waals surface area contributed by atoms with Crippen molar-refractivity contribution in [2.75, 3.05) is 24.6 Å². The summed E-state index contributed by atoms with van der Waals surface area (Å²) >= 11 is 3.52. The number of hydrogen-bond donors (Lipinski definition) is 0. The van der Waals surface area contributed by atoms with Crippen LogP contribution in [0.15, 0.2) is 51.0 Å². The summed E-state index contributed by atoms with van der Waals surface area (Å²) in [6, 6.07) is 11.4. The number of rotatable bonds is 6. The highest BCUT2D eigenvalue weighted by atomic mass is 79.9.